The average molecular weight is 236 g/mol. The molecule has 1 aliphatic carbocycles. The van der Waals surface area contributed by atoms with Gasteiger partial charge in [-0.15, -0.1) is 0 Å². The smallest absolute Gasteiger partial charge is 0.392 e. The number of esters is 1. The summed E-state index contributed by atoms with van der Waals surface area (Å²) in [6.45, 7) is 6.40. The molecule has 1 rings (SSSR count). The van der Waals surface area contributed by atoms with Crippen molar-refractivity contribution in [3.63, 3.8) is 0 Å². The Kier molecular flexibility index (Phi) is 3.65. The fourth-order valence-electron chi connectivity index (χ4n) is 2.00. The van der Waals surface area contributed by atoms with E-state index < -0.39 is 30.1 Å². The van der Waals surface area contributed by atoms with E-state index in [-0.39, 0.29) is 18.4 Å². The lowest BCUT2D eigenvalue weighted by Crippen LogP contribution is -2.25. The van der Waals surface area contributed by atoms with Crippen LogP contribution in [-0.4, -0.2) is 18.2 Å². The van der Waals surface area contributed by atoms with Crippen molar-refractivity contribution in [2.75, 3.05) is 0 Å². The fraction of sp³-hybridized carbons (Fsp3) is 0.727. The van der Waals surface area contributed by atoms with E-state index in [1.165, 1.54) is 13.8 Å². The third-order valence-corrected chi connectivity index (χ3v) is 2.88. The van der Waals surface area contributed by atoms with Crippen LogP contribution in [0, 0.1) is 11.8 Å². The molecule has 16 heavy (non-hydrogen) atoms. The third-order valence-electron chi connectivity index (χ3n) is 2.88. The van der Waals surface area contributed by atoms with Crippen molar-refractivity contribution in [2.24, 2.45) is 11.8 Å². The van der Waals surface area contributed by atoms with Gasteiger partial charge in [-0.2, -0.15) is 13.2 Å². The summed E-state index contributed by atoms with van der Waals surface area (Å²) in [5.74, 6) is -2.47. The lowest BCUT2D eigenvalue weighted by molar-refractivity contribution is -0.184. The van der Waals surface area contributed by atoms with Crippen LogP contribution in [-0.2, 0) is 9.53 Å². The Morgan fingerprint density at radius 2 is 1.94 bits per heavy atom. The van der Waals surface area contributed by atoms with Crippen molar-refractivity contribution in [3.05, 3.63) is 12.2 Å². The number of halogens is 3. The molecule has 1 aliphatic rings. The SMILES string of the molecule is C=C(C)C(=O)OC1CC(C)C(C(F)(F)F)C1. The molecule has 0 spiro atoms. The number of ether oxygens (including phenoxy) is 1. The van der Waals surface area contributed by atoms with Gasteiger partial charge in [-0.1, -0.05) is 13.5 Å². The van der Waals surface area contributed by atoms with Gasteiger partial charge in [-0.3, -0.25) is 0 Å². The van der Waals surface area contributed by atoms with Crippen molar-refractivity contribution < 1.29 is 22.7 Å². The zero-order valence-electron chi connectivity index (χ0n) is 9.30. The number of carbonyl (C=O) groups is 1. The van der Waals surface area contributed by atoms with Crippen molar-refractivity contribution in [2.45, 2.75) is 39.0 Å². The molecule has 2 nitrogen and oxygen atoms in total. The minimum atomic E-state index is -4.20. The van der Waals surface area contributed by atoms with Gasteiger partial charge < -0.3 is 4.74 Å². The van der Waals surface area contributed by atoms with Crippen molar-refractivity contribution >= 4 is 5.97 Å². The first-order valence-electron chi connectivity index (χ1n) is 5.15. The molecular formula is C11H15F3O2. The monoisotopic (exact) mass is 236 g/mol. The van der Waals surface area contributed by atoms with E-state index in [0.29, 0.717) is 0 Å². The zero-order chi connectivity index (χ0) is 12.5. The zero-order valence-corrected chi connectivity index (χ0v) is 9.30. The molecule has 0 saturated heterocycles. The van der Waals surface area contributed by atoms with E-state index in [4.69, 9.17) is 4.74 Å². The number of hydrogen-bond acceptors (Lipinski definition) is 2. The van der Waals surface area contributed by atoms with Crippen LogP contribution in [0.25, 0.3) is 0 Å². The first-order chi connectivity index (χ1) is 7.21. The summed E-state index contributed by atoms with van der Waals surface area (Å²) in [5, 5.41) is 0. The Bertz CT molecular complexity index is 296. The molecule has 3 atom stereocenters. The van der Waals surface area contributed by atoms with Crippen LogP contribution < -0.4 is 0 Å². The molecule has 0 bridgehead atoms. The fourth-order valence-corrected chi connectivity index (χ4v) is 2.00. The highest BCUT2D eigenvalue weighted by molar-refractivity contribution is 5.87. The van der Waals surface area contributed by atoms with Gasteiger partial charge in [0.15, 0.2) is 0 Å². The van der Waals surface area contributed by atoms with E-state index in [2.05, 4.69) is 6.58 Å². The summed E-state index contributed by atoms with van der Waals surface area (Å²) < 4.78 is 42.5. The predicted molar refractivity (Wildman–Crippen MR) is 52.6 cm³/mol. The lowest BCUT2D eigenvalue weighted by atomic mass is 9.98. The van der Waals surface area contributed by atoms with Crippen LogP contribution >= 0.6 is 0 Å². The van der Waals surface area contributed by atoms with Crippen LogP contribution in [0.5, 0.6) is 0 Å². The van der Waals surface area contributed by atoms with Crippen LogP contribution in [0.3, 0.4) is 0 Å². The molecule has 1 saturated carbocycles. The topological polar surface area (TPSA) is 26.3 Å². The van der Waals surface area contributed by atoms with Crippen LogP contribution in [0.2, 0.25) is 0 Å². The van der Waals surface area contributed by atoms with Gasteiger partial charge >= 0.3 is 12.1 Å². The highest BCUT2D eigenvalue weighted by Gasteiger charge is 2.49. The minimum Gasteiger partial charge on any atom is -0.459 e. The summed E-state index contributed by atoms with van der Waals surface area (Å²) >= 11 is 0. The van der Waals surface area contributed by atoms with Gasteiger partial charge in [0.25, 0.3) is 0 Å². The summed E-state index contributed by atoms with van der Waals surface area (Å²) in [7, 11) is 0. The molecule has 0 N–H and O–H groups in total. The van der Waals surface area contributed by atoms with Crippen LogP contribution in [0.1, 0.15) is 26.7 Å². The van der Waals surface area contributed by atoms with Crippen molar-refractivity contribution in [1.82, 2.24) is 0 Å². The second-order valence-electron chi connectivity index (χ2n) is 4.40. The molecule has 0 aromatic carbocycles. The van der Waals surface area contributed by atoms with E-state index >= 15 is 0 Å². The highest BCUT2D eigenvalue weighted by Crippen LogP contribution is 2.43. The van der Waals surface area contributed by atoms with Gasteiger partial charge in [0.1, 0.15) is 6.10 Å². The van der Waals surface area contributed by atoms with E-state index in [1.54, 1.807) is 0 Å². The minimum absolute atomic E-state index is 0.135. The van der Waals surface area contributed by atoms with Gasteiger partial charge in [0.05, 0.1) is 5.92 Å². The van der Waals surface area contributed by atoms with Crippen LogP contribution in [0.15, 0.2) is 12.2 Å². The summed E-state index contributed by atoms with van der Waals surface area (Å²) in [6, 6.07) is 0. The molecule has 1 fully saturated rings. The second-order valence-corrected chi connectivity index (χ2v) is 4.40. The Balaban J connectivity index is 2.57. The Morgan fingerprint density at radius 1 is 1.38 bits per heavy atom. The maximum Gasteiger partial charge on any atom is 0.392 e. The van der Waals surface area contributed by atoms with Gasteiger partial charge in [0, 0.05) is 5.57 Å². The Labute approximate surface area is 92.5 Å². The van der Waals surface area contributed by atoms with Gasteiger partial charge in [0.2, 0.25) is 0 Å². The number of hydrogen-bond donors (Lipinski definition) is 0. The normalized spacial score (nSPS) is 30.2. The predicted octanol–water partition coefficient (Wildman–Crippen LogP) is 3.08. The molecule has 0 amide bonds. The number of rotatable bonds is 2. The van der Waals surface area contributed by atoms with Crippen LogP contribution in [0.4, 0.5) is 13.2 Å². The molecular weight excluding hydrogens is 221 g/mol. The van der Waals surface area contributed by atoms with E-state index in [9.17, 15) is 18.0 Å². The van der Waals surface area contributed by atoms with Crippen molar-refractivity contribution in [1.29, 1.82) is 0 Å². The summed E-state index contributed by atoms with van der Waals surface area (Å²) in [5.41, 5.74) is 0.211. The molecule has 92 valence electrons. The van der Waals surface area contributed by atoms with Gasteiger partial charge in [-0.05, 0) is 25.7 Å². The maximum atomic E-state index is 12.5. The third kappa shape index (κ3) is 3.00. The number of alkyl halides is 3. The largest absolute Gasteiger partial charge is 0.459 e. The molecule has 3 unspecified atom stereocenters. The van der Waals surface area contributed by atoms with E-state index in [1.807, 2.05) is 0 Å². The van der Waals surface area contributed by atoms with Gasteiger partial charge in [-0.25, -0.2) is 4.79 Å². The van der Waals surface area contributed by atoms with Crippen molar-refractivity contribution in [3.8, 4) is 0 Å². The molecule has 0 radical (unpaired) electrons. The summed E-state index contributed by atoms with van der Waals surface area (Å²) in [6.07, 6.45) is -4.71. The lowest BCUT2D eigenvalue weighted by Gasteiger charge is -2.18. The summed E-state index contributed by atoms with van der Waals surface area (Å²) in [4.78, 5) is 11.2. The number of carbonyl (C=O) groups excluding carboxylic acids is 1. The standard InChI is InChI=1S/C11H15F3O2/c1-6(2)10(15)16-8-4-7(3)9(5-8)11(12,13)14/h7-9H,1,4-5H2,2-3H3. The first kappa shape index (κ1) is 13.1. The quantitative estimate of drug-likeness (QED) is 0.544. The molecule has 0 aromatic heterocycles. The Hall–Kier alpha value is -1.00. The molecule has 0 heterocycles. The Morgan fingerprint density at radius 3 is 2.31 bits per heavy atom. The molecule has 0 aliphatic heterocycles. The second kappa shape index (κ2) is 4.47. The average Bonchev–Trinajstić information content (AvgIpc) is 2.45. The molecule has 0 aromatic rings. The maximum absolute atomic E-state index is 12.5. The first-order valence-corrected chi connectivity index (χ1v) is 5.15. The molecule has 5 heteroatoms. The van der Waals surface area contributed by atoms with E-state index in [0.717, 1.165) is 0 Å². The highest BCUT2D eigenvalue weighted by atomic mass is 19.4.